The zero-order valence-corrected chi connectivity index (χ0v) is 14.0. The van der Waals surface area contributed by atoms with Gasteiger partial charge in [0.05, 0.1) is 11.6 Å². The summed E-state index contributed by atoms with van der Waals surface area (Å²) < 4.78 is 0. The van der Waals surface area contributed by atoms with E-state index >= 15 is 0 Å². The quantitative estimate of drug-likeness (QED) is 0.414. The van der Waals surface area contributed by atoms with Gasteiger partial charge in [-0.1, -0.05) is 62.8 Å². The smallest absolute Gasteiger partial charge is 0.0991 e. The molecule has 0 aromatic heterocycles. The van der Waals surface area contributed by atoms with E-state index in [4.69, 9.17) is 5.26 Å². The van der Waals surface area contributed by atoms with Gasteiger partial charge in [0.2, 0.25) is 0 Å². The zero-order valence-electron chi connectivity index (χ0n) is 14.0. The van der Waals surface area contributed by atoms with Crippen LogP contribution in [0.25, 0.3) is 0 Å². The molecule has 1 unspecified atom stereocenters. The first-order valence-electron chi connectivity index (χ1n) is 8.98. The highest BCUT2D eigenvalue weighted by Crippen LogP contribution is 2.29. The maximum Gasteiger partial charge on any atom is 0.0991 e. The van der Waals surface area contributed by atoms with Crippen molar-refractivity contribution >= 4 is 0 Å². The predicted octanol–water partition coefficient (Wildman–Crippen LogP) is 6.19. The van der Waals surface area contributed by atoms with Gasteiger partial charge >= 0.3 is 0 Å². The van der Waals surface area contributed by atoms with Crippen molar-refractivity contribution in [3.05, 3.63) is 47.0 Å². The summed E-state index contributed by atoms with van der Waals surface area (Å²) in [6.07, 6.45) is 15.8. The average molecular weight is 295 g/mol. The molecule has 1 heteroatoms. The summed E-state index contributed by atoms with van der Waals surface area (Å²) >= 11 is 0. The Balaban J connectivity index is 1.69. The molecular formula is C21H29N. The molecule has 0 saturated carbocycles. The van der Waals surface area contributed by atoms with E-state index in [0.29, 0.717) is 0 Å². The summed E-state index contributed by atoms with van der Waals surface area (Å²) in [5, 5.41) is 8.82. The van der Waals surface area contributed by atoms with E-state index in [1.165, 1.54) is 63.4 Å². The molecule has 118 valence electrons. The fourth-order valence-electron chi connectivity index (χ4n) is 3.34. The van der Waals surface area contributed by atoms with Crippen molar-refractivity contribution < 1.29 is 0 Å². The lowest BCUT2D eigenvalue weighted by Gasteiger charge is -2.22. The molecule has 0 aliphatic heterocycles. The third-order valence-corrected chi connectivity index (χ3v) is 4.90. The van der Waals surface area contributed by atoms with Crippen LogP contribution in [0.1, 0.15) is 75.8 Å². The third-order valence-electron chi connectivity index (χ3n) is 4.90. The molecule has 0 fully saturated rings. The van der Waals surface area contributed by atoms with Crippen LogP contribution in [-0.2, 0) is 6.42 Å². The molecule has 0 spiro atoms. The van der Waals surface area contributed by atoms with Crippen molar-refractivity contribution in [2.75, 3.05) is 0 Å². The zero-order chi connectivity index (χ0) is 15.6. The van der Waals surface area contributed by atoms with E-state index in [1.54, 1.807) is 5.57 Å². The lowest BCUT2D eigenvalue weighted by atomic mass is 9.84. The van der Waals surface area contributed by atoms with Crippen molar-refractivity contribution in [1.82, 2.24) is 0 Å². The minimum absolute atomic E-state index is 0.756. The normalized spacial score (nSPS) is 17.8. The van der Waals surface area contributed by atoms with Gasteiger partial charge in [-0.25, -0.2) is 0 Å². The average Bonchev–Trinajstić information content (AvgIpc) is 2.58. The van der Waals surface area contributed by atoms with Gasteiger partial charge in [-0.15, -0.1) is 0 Å². The minimum atomic E-state index is 0.756. The number of rotatable bonds is 8. The second-order valence-corrected chi connectivity index (χ2v) is 6.66. The van der Waals surface area contributed by atoms with Gasteiger partial charge in [-0.3, -0.25) is 0 Å². The number of nitriles is 1. The van der Waals surface area contributed by atoms with Crippen molar-refractivity contribution in [2.45, 2.75) is 71.1 Å². The molecule has 1 nitrogen and oxygen atoms in total. The molecule has 0 radical (unpaired) electrons. The van der Waals surface area contributed by atoms with Gasteiger partial charge in [-0.2, -0.15) is 5.26 Å². The van der Waals surface area contributed by atoms with Crippen LogP contribution in [0.5, 0.6) is 0 Å². The van der Waals surface area contributed by atoms with E-state index in [2.05, 4.69) is 31.2 Å². The molecular weight excluding hydrogens is 266 g/mol. The standard InChI is InChI=1S/C21H29N/c1-2-3-4-5-6-18-7-9-19(10-8-18)11-12-20-13-15-21(17-22)16-14-20/h9,13-16,18H,2-8,10-12H2,1H3. The Labute approximate surface area is 136 Å². The van der Waals surface area contributed by atoms with Crippen molar-refractivity contribution in [1.29, 1.82) is 5.26 Å². The molecule has 0 N–H and O–H groups in total. The lowest BCUT2D eigenvalue weighted by molar-refractivity contribution is 0.411. The largest absolute Gasteiger partial charge is 0.192 e. The summed E-state index contributed by atoms with van der Waals surface area (Å²) in [7, 11) is 0. The van der Waals surface area contributed by atoms with Gasteiger partial charge in [0, 0.05) is 0 Å². The predicted molar refractivity (Wildman–Crippen MR) is 93.7 cm³/mol. The number of benzene rings is 1. The molecule has 1 aromatic carbocycles. The molecule has 0 saturated heterocycles. The van der Waals surface area contributed by atoms with Crippen LogP contribution in [0.2, 0.25) is 0 Å². The summed E-state index contributed by atoms with van der Waals surface area (Å²) in [5.41, 5.74) is 3.75. The van der Waals surface area contributed by atoms with Crippen LogP contribution in [-0.4, -0.2) is 0 Å². The lowest BCUT2D eigenvalue weighted by Crippen LogP contribution is -2.06. The van der Waals surface area contributed by atoms with Gasteiger partial charge in [0.25, 0.3) is 0 Å². The minimum Gasteiger partial charge on any atom is -0.192 e. The van der Waals surface area contributed by atoms with Crippen LogP contribution in [0.15, 0.2) is 35.9 Å². The number of hydrogen-bond donors (Lipinski definition) is 0. The van der Waals surface area contributed by atoms with Crippen LogP contribution in [0, 0.1) is 17.2 Å². The highest BCUT2D eigenvalue weighted by molar-refractivity contribution is 5.31. The third kappa shape index (κ3) is 5.68. The van der Waals surface area contributed by atoms with Crippen LogP contribution < -0.4 is 0 Å². The van der Waals surface area contributed by atoms with E-state index in [9.17, 15) is 0 Å². The molecule has 1 aliphatic carbocycles. The van der Waals surface area contributed by atoms with Crippen LogP contribution in [0.3, 0.4) is 0 Å². The Morgan fingerprint density at radius 1 is 1.09 bits per heavy atom. The van der Waals surface area contributed by atoms with Gasteiger partial charge in [-0.05, 0) is 55.7 Å². The van der Waals surface area contributed by atoms with Crippen molar-refractivity contribution in [2.24, 2.45) is 5.92 Å². The van der Waals surface area contributed by atoms with E-state index in [0.717, 1.165) is 17.9 Å². The topological polar surface area (TPSA) is 23.8 Å². The van der Waals surface area contributed by atoms with E-state index in [1.807, 2.05) is 12.1 Å². The van der Waals surface area contributed by atoms with Crippen LogP contribution in [0.4, 0.5) is 0 Å². The second kappa shape index (κ2) is 9.46. The molecule has 0 heterocycles. The SMILES string of the molecule is CCCCCCC1CC=C(CCc2ccc(C#N)cc2)CC1. The molecule has 22 heavy (non-hydrogen) atoms. The fraction of sp³-hybridized carbons (Fsp3) is 0.571. The Kier molecular flexibility index (Phi) is 7.23. The summed E-state index contributed by atoms with van der Waals surface area (Å²) in [6.45, 7) is 2.28. The second-order valence-electron chi connectivity index (χ2n) is 6.66. The van der Waals surface area contributed by atoms with E-state index in [-0.39, 0.29) is 0 Å². The first-order valence-corrected chi connectivity index (χ1v) is 8.98. The Morgan fingerprint density at radius 2 is 1.91 bits per heavy atom. The van der Waals surface area contributed by atoms with Crippen molar-refractivity contribution in [3.8, 4) is 6.07 Å². The molecule has 0 bridgehead atoms. The highest BCUT2D eigenvalue weighted by atomic mass is 14.2. The van der Waals surface area contributed by atoms with Crippen molar-refractivity contribution in [3.63, 3.8) is 0 Å². The molecule has 1 aromatic rings. The van der Waals surface area contributed by atoms with Gasteiger partial charge in [0.1, 0.15) is 0 Å². The van der Waals surface area contributed by atoms with Crippen LogP contribution >= 0.6 is 0 Å². The number of allylic oxidation sites excluding steroid dienone is 2. The van der Waals surface area contributed by atoms with Gasteiger partial charge in [0.15, 0.2) is 0 Å². The number of nitrogens with zero attached hydrogens (tertiary/aromatic N) is 1. The summed E-state index contributed by atoms with van der Waals surface area (Å²) in [4.78, 5) is 0. The first kappa shape index (κ1) is 16.8. The number of hydrogen-bond acceptors (Lipinski definition) is 1. The number of aryl methyl sites for hydroxylation is 1. The molecule has 1 aliphatic rings. The Morgan fingerprint density at radius 3 is 2.55 bits per heavy atom. The Hall–Kier alpha value is -1.55. The first-order chi connectivity index (χ1) is 10.8. The maximum atomic E-state index is 8.82. The number of unbranched alkanes of at least 4 members (excludes halogenated alkanes) is 3. The monoisotopic (exact) mass is 295 g/mol. The summed E-state index contributed by atoms with van der Waals surface area (Å²) in [6, 6.07) is 10.2. The highest BCUT2D eigenvalue weighted by Gasteiger charge is 2.13. The van der Waals surface area contributed by atoms with E-state index < -0.39 is 0 Å². The van der Waals surface area contributed by atoms with Gasteiger partial charge < -0.3 is 0 Å². The maximum absolute atomic E-state index is 8.82. The fourth-order valence-corrected chi connectivity index (χ4v) is 3.34. The molecule has 2 rings (SSSR count). The molecule has 0 amide bonds. The Bertz CT molecular complexity index is 504. The summed E-state index contributed by atoms with van der Waals surface area (Å²) in [5.74, 6) is 0.940. The molecule has 1 atom stereocenters.